The van der Waals surface area contributed by atoms with E-state index in [2.05, 4.69) is 43.1 Å². The fraction of sp³-hybridized carbons (Fsp3) is 0.308. The summed E-state index contributed by atoms with van der Waals surface area (Å²) in [5.74, 6) is 0.635. The van der Waals surface area contributed by atoms with Gasteiger partial charge in [0, 0.05) is 5.56 Å². The second-order valence-electron chi connectivity index (χ2n) is 4.14. The number of nitrogens with zero attached hydrogens (tertiary/aromatic N) is 1. The first-order valence-corrected chi connectivity index (χ1v) is 5.52. The number of rotatable bonds is 2. The van der Waals surface area contributed by atoms with E-state index >= 15 is 0 Å². The van der Waals surface area contributed by atoms with Crippen LogP contribution in [0, 0.1) is 13.8 Å². The molecule has 0 spiro atoms. The van der Waals surface area contributed by atoms with Crippen LogP contribution in [0.4, 0.5) is 5.82 Å². The van der Waals surface area contributed by atoms with Gasteiger partial charge in [-0.15, -0.1) is 0 Å². The molecular formula is C13H17N3. The molecule has 1 heterocycles. The summed E-state index contributed by atoms with van der Waals surface area (Å²) in [7, 11) is 0. The molecule has 0 unspecified atom stereocenters. The highest BCUT2D eigenvalue weighted by Crippen LogP contribution is 2.30. The smallest absolute Gasteiger partial charge is 0.126 e. The molecule has 0 amide bonds. The molecule has 3 N–H and O–H groups in total. The maximum absolute atomic E-state index is 5.87. The predicted octanol–water partition coefficient (Wildman–Crippen LogP) is 2.84. The Labute approximate surface area is 95.7 Å². The van der Waals surface area contributed by atoms with E-state index in [-0.39, 0.29) is 0 Å². The number of nitrogen functional groups attached to an aromatic ring is 1. The van der Waals surface area contributed by atoms with E-state index in [4.69, 9.17) is 5.73 Å². The fourth-order valence-electron chi connectivity index (χ4n) is 1.93. The van der Waals surface area contributed by atoms with Gasteiger partial charge in [0.15, 0.2) is 0 Å². The summed E-state index contributed by atoms with van der Waals surface area (Å²) in [6.45, 7) is 6.41. The average molecular weight is 215 g/mol. The molecule has 0 bridgehead atoms. The Morgan fingerprint density at radius 2 is 2.00 bits per heavy atom. The van der Waals surface area contributed by atoms with E-state index in [0.29, 0.717) is 5.82 Å². The van der Waals surface area contributed by atoms with Crippen LogP contribution in [0.15, 0.2) is 18.3 Å². The SMILES string of the molecule is CCc1cc(C)c(C)c(-c2cn[nH]c2N)c1. The van der Waals surface area contributed by atoms with E-state index in [9.17, 15) is 0 Å². The first kappa shape index (κ1) is 10.7. The van der Waals surface area contributed by atoms with Gasteiger partial charge in [0.1, 0.15) is 5.82 Å². The van der Waals surface area contributed by atoms with Crippen LogP contribution in [0.1, 0.15) is 23.6 Å². The lowest BCUT2D eigenvalue weighted by atomic mass is 9.95. The van der Waals surface area contributed by atoms with Crippen molar-refractivity contribution in [3.8, 4) is 11.1 Å². The van der Waals surface area contributed by atoms with Crippen molar-refractivity contribution in [1.82, 2.24) is 10.2 Å². The third-order valence-electron chi connectivity index (χ3n) is 3.09. The fourth-order valence-corrected chi connectivity index (χ4v) is 1.93. The van der Waals surface area contributed by atoms with Gasteiger partial charge in [0.2, 0.25) is 0 Å². The number of nitrogens with one attached hydrogen (secondary N) is 1. The molecule has 0 atom stereocenters. The van der Waals surface area contributed by atoms with Crippen LogP contribution in [0.3, 0.4) is 0 Å². The monoisotopic (exact) mass is 215 g/mol. The van der Waals surface area contributed by atoms with Crippen LogP contribution in [0.5, 0.6) is 0 Å². The minimum absolute atomic E-state index is 0.635. The highest BCUT2D eigenvalue weighted by Gasteiger charge is 2.10. The molecule has 0 radical (unpaired) electrons. The van der Waals surface area contributed by atoms with Crippen LogP contribution < -0.4 is 5.73 Å². The molecule has 3 nitrogen and oxygen atoms in total. The van der Waals surface area contributed by atoms with Gasteiger partial charge in [-0.25, -0.2) is 0 Å². The number of benzene rings is 1. The Morgan fingerprint density at radius 1 is 1.25 bits per heavy atom. The van der Waals surface area contributed by atoms with E-state index in [0.717, 1.165) is 12.0 Å². The molecule has 1 aromatic heterocycles. The van der Waals surface area contributed by atoms with Gasteiger partial charge >= 0.3 is 0 Å². The molecule has 0 saturated carbocycles. The summed E-state index contributed by atoms with van der Waals surface area (Å²) in [6.07, 6.45) is 2.82. The van der Waals surface area contributed by atoms with E-state index in [1.807, 2.05) is 0 Å². The molecule has 0 aliphatic rings. The maximum atomic E-state index is 5.87. The number of hydrogen-bond acceptors (Lipinski definition) is 2. The highest BCUT2D eigenvalue weighted by molar-refractivity contribution is 5.76. The Balaban J connectivity index is 2.64. The molecule has 16 heavy (non-hydrogen) atoms. The molecule has 0 aliphatic heterocycles. The number of aryl methyl sites for hydroxylation is 2. The Kier molecular flexibility index (Phi) is 2.69. The molecule has 0 aliphatic carbocycles. The minimum atomic E-state index is 0.635. The maximum Gasteiger partial charge on any atom is 0.126 e. The number of hydrogen-bond donors (Lipinski definition) is 2. The van der Waals surface area contributed by atoms with Crippen LogP contribution in [-0.4, -0.2) is 10.2 Å². The van der Waals surface area contributed by atoms with Crippen molar-refractivity contribution < 1.29 is 0 Å². The minimum Gasteiger partial charge on any atom is -0.384 e. The van der Waals surface area contributed by atoms with Crippen molar-refractivity contribution >= 4 is 5.82 Å². The lowest BCUT2D eigenvalue weighted by Gasteiger charge is -2.10. The number of H-pyrrole nitrogens is 1. The lowest BCUT2D eigenvalue weighted by molar-refractivity contribution is 1.10. The van der Waals surface area contributed by atoms with Crippen molar-refractivity contribution in [2.24, 2.45) is 0 Å². The standard InChI is InChI=1S/C13H17N3/c1-4-10-5-8(2)9(3)11(6-10)12-7-15-16-13(12)14/h5-7H,4H2,1-3H3,(H3,14,15,16). The van der Waals surface area contributed by atoms with E-state index < -0.39 is 0 Å². The molecule has 1 aromatic carbocycles. The number of aromatic amines is 1. The van der Waals surface area contributed by atoms with Crippen molar-refractivity contribution in [2.75, 3.05) is 5.73 Å². The van der Waals surface area contributed by atoms with Crippen molar-refractivity contribution in [2.45, 2.75) is 27.2 Å². The second-order valence-corrected chi connectivity index (χ2v) is 4.14. The zero-order valence-electron chi connectivity index (χ0n) is 9.96. The van der Waals surface area contributed by atoms with Gasteiger partial charge in [-0.05, 0) is 42.5 Å². The van der Waals surface area contributed by atoms with E-state index in [1.165, 1.54) is 22.3 Å². The number of anilines is 1. The van der Waals surface area contributed by atoms with E-state index in [1.54, 1.807) is 6.20 Å². The molecule has 0 fully saturated rings. The van der Waals surface area contributed by atoms with Gasteiger partial charge < -0.3 is 5.73 Å². The van der Waals surface area contributed by atoms with Gasteiger partial charge in [-0.1, -0.05) is 19.1 Å². The Hall–Kier alpha value is -1.77. The summed E-state index contributed by atoms with van der Waals surface area (Å²) in [4.78, 5) is 0. The van der Waals surface area contributed by atoms with Crippen molar-refractivity contribution in [1.29, 1.82) is 0 Å². The lowest BCUT2D eigenvalue weighted by Crippen LogP contribution is -1.94. The third kappa shape index (κ3) is 1.69. The normalized spacial score (nSPS) is 10.7. The highest BCUT2D eigenvalue weighted by atomic mass is 15.1. The molecule has 2 rings (SSSR count). The number of nitrogens with two attached hydrogens (primary N) is 1. The number of aromatic nitrogens is 2. The van der Waals surface area contributed by atoms with Gasteiger partial charge in [-0.2, -0.15) is 5.10 Å². The van der Waals surface area contributed by atoms with Gasteiger partial charge in [0.25, 0.3) is 0 Å². The summed E-state index contributed by atoms with van der Waals surface area (Å²) >= 11 is 0. The zero-order valence-corrected chi connectivity index (χ0v) is 9.96. The average Bonchev–Trinajstić information content (AvgIpc) is 2.68. The predicted molar refractivity (Wildman–Crippen MR) is 67.3 cm³/mol. The third-order valence-corrected chi connectivity index (χ3v) is 3.09. The summed E-state index contributed by atoms with van der Waals surface area (Å²) in [5.41, 5.74) is 11.9. The Morgan fingerprint density at radius 3 is 2.56 bits per heavy atom. The van der Waals surface area contributed by atoms with Crippen LogP contribution in [0.2, 0.25) is 0 Å². The topological polar surface area (TPSA) is 54.7 Å². The quantitative estimate of drug-likeness (QED) is 0.809. The van der Waals surface area contributed by atoms with Gasteiger partial charge in [0.05, 0.1) is 6.20 Å². The van der Waals surface area contributed by atoms with Crippen molar-refractivity contribution in [3.05, 3.63) is 35.0 Å². The van der Waals surface area contributed by atoms with Crippen LogP contribution in [0.25, 0.3) is 11.1 Å². The molecule has 0 saturated heterocycles. The largest absolute Gasteiger partial charge is 0.384 e. The van der Waals surface area contributed by atoms with Crippen LogP contribution >= 0.6 is 0 Å². The summed E-state index contributed by atoms with van der Waals surface area (Å²) < 4.78 is 0. The second kappa shape index (κ2) is 4.00. The zero-order chi connectivity index (χ0) is 11.7. The molecular weight excluding hydrogens is 198 g/mol. The summed E-state index contributed by atoms with van der Waals surface area (Å²) in [5, 5.41) is 6.75. The van der Waals surface area contributed by atoms with Gasteiger partial charge in [-0.3, -0.25) is 5.10 Å². The molecule has 2 aromatic rings. The van der Waals surface area contributed by atoms with Crippen LogP contribution in [-0.2, 0) is 6.42 Å². The summed E-state index contributed by atoms with van der Waals surface area (Å²) in [6, 6.07) is 4.43. The van der Waals surface area contributed by atoms with Crippen molar-refractivity contribution in [3.63, 3.8) is 0 Å². The Bertz CT molecular complexity index is 512. The molecule has 3 heteroatoms. The first-order chi connectivity index (χ1) is 7.63. The molecule has 84 valence electrons. The first-order valence-electron chi connectivity index (χ1n) is 5.52.